The summed E-state index contributed by atoms with van der Waals surface area (Å²) >= 11 is 0. The smallest absolute Gasteiger partial charge is 0.339 e. The van der Waals surface area contributed by atoms with Crippen LogP contribution in [0, 0.1) is 6.92 Å². The Labute approximate surface area is 190 Å². The van der Waals surface area contributed by atoms with E-state index in [1.165, 1.54) is 13.3 Å². The first-order valence-corrected chi connectivity index (χ1v) is 10.7. The van der Waals surface area contributed by atoms with Crippen molar-refractivity contribution in [3.8, 4) is 17.1 Å². The van der Waals surface area contributed by atoms with E-state index in [1.807, 2.05) is 10.6 Å². The number of hydrogen-bond donors (Lipinski definition) is 0. The summed E-state index contributed by atoms with van der Waals surface area (Å²) in [6, 6.07) is 3.87. The third-order valence-electron chi connectivity index (χ3n) is 5.71. The number of nitrogens with zero attached hydrogens (tertiary/aromatic N) is 6. The number of aromatic nitrogens is 5. The third-order valence-corrected chi connectivity index (χ3v) is 5.71. The molecule has 10 nitrogen and oxygen atoms in total. The largest absolute Gasteiger partial charge is 0.488 e. The molecule has 4 aromatic rings. The van der Waals surface area contributed by atoms with Gasteiger partial charge in [0, 0.05) is 31.4 Å². The van der Waals surface area contributed by atoms with Crippen LogP contribution in [0.5, 0.6) is 5.75 Å². The van der Waals surface area contributed by atoms with E-state index in [2.05, 4.69) is 28.7 Å². The normalized spacial score (nSPS) is 15.4. The van der Waals surface area contributed by atoms with E-state index in [0.717, 1.165) is 23.6 Å². The molecule has 5 rings (SSSR count). The molecule has 0 radical (unpaired) electrons. The molecule has 0 saturated heterocycles. The van der Waals surface area contributed by atoms with Crippen molar-refractivity contribution in [2.45, 2.75) is 33.4 Å². The predicted octanol–water partition coefficient (Wildman–Crippen LogP) is 3.23. The monoisotopic (exact) mass is 448 g/mol. The van der Waals surface area contributed by atoms with Crippen LogP contribution in [0.1, 0.15) is 35.8 Å². The molecule has 0 spiro atoms. The molecule has 0 amide bonds. The highest BCUT2D eigenvalue weighted by molar-refractivity contribution is 5.92. The van der Waals surface area contributed by atoms with E-state index >= 15 is 0 Å². The number of carbonyl (C=O) groups is 1. The van der Waals surface area contributed by atoms with Gasteiger partial charge >= 0.3 is 5.97 Å². The van der Waals surface area contributed by atoms with E-state index in [1.54, 1.807) is 25.5 Å². The molecule has 0 unspecified atom stereocenters. The zero-order chi connectivity index (χ0) is 23.1. The third kappa shape index (κ3) is 3.67. The number of anilines is 1. The number of likely N-dealkylation sites (N-methyl/N-ethyl adjacent to an activating group) is 1. The second kappa shape index (κ2) is 8.19. The Morgan fingerprint density at radius 1 is 1.24 bits per heavy atom. The minimum atomic E-state index is -0.467. The number of esters is 1. The number of oxazole rings is 1. The van der Waals surface area contributed by atoms with Gasteiger partial charge in [-0.15, -0.1) is 0 Å². The van der Waals surface area contributed by atoms with Crippen LogP contribution in [0.25, 0.3) is 22.6 Å². The topological polar surface area (TPSA) is 108 Å². The first-order valence-electron chi connectivity index (χ1n) is 10.7. The van der Waals surface area contributed by atoms with Crippen LogP contribution >= 0.6 is 0 Å². The van der Waals surface area contributed by atoms with Crippen molar-refractivity contribution in [1.82, 2.24) is 24.5 Å². The molecule has 5 heterocycles. The zero-order valence-corrected chi connectivity index (χ0v) is 18.9. The van der Waals surface area contributed by atoms with Crippen molar-refractivity contribution < 1.29 is 18.7 Å². The Morgan fingerprint density at radius 3 is 2.82 bits per heavy atom. The molecule has 0 saturated carbocycles. The summed E-state index contributed by atoms with van der Waals surface area (Å²) in [4.78, 5) is 32.6. The fourth-order valence-corrected chi connectivity index (χ4v) is 4.11. The van der Waals surface area contributed by atoms with Crippen LogP contribution in [0.3, 0.4) is 0 Å². The van der Waals surface area contributed by atoms with E-state index < -0.39 is 5.97 Å². The lowest BCUT2D eigenvalue weighted by Gasteiger charge is -2.34. The van der Waals surface area contributed by atoms with Gasteiger partial charge in [0.1, 0.15) is 24.2 Å². The van der Waals surface area contributed by atoms with Crippen LogP contribution in [0.15, 0.2) is 35.2 Å². The first-order chi connectivity index (χ1) is 16.0. The first kappa shape index (κ1) is 20.9. The maximum Gasteiger partial charge on any atom is 0.339 e. The molecule has 0 fully saturated rings. The minimum Gasteiger partial charge on any atom is -0.488 e. The van der Waals surface area contributed by atoms with Gasteiger partial charge in [0.05, 0.1) is 31.0 Å². The summed E-state index contributed by atoms with van der Waals surface area (Å²) in [5.41, 5.74) is 3.02. The van der Waals surface area contributed by atoms with Crippen molar-refractivity contribution in [3.05, 3.63) is 47.9 Å². The van der Waals surface area contributed by atoms with Crippen LogP contribution in [0.4, 0.5) is 5.82 Å². The number of hydrogen-bond acceptors (Lipinski definition) is 9. The number of imidazole rings is 1. The number of rotatable bonds is 5. The number of methoxy groups -OCH3 is 1. The van der Waals surface area contributed by atoms with Crippen molar-refractivity contribution in [2.75, 3.05) is 25.2 Å². The summed E-state index contributed by atoms with van der Waals surface area (Å²) in [5, 5.41) is 0. The Morgan fingerprint density at radius 2 is 2.09 bits per heavy atom. The van der Waals surface area contributed by atoms with Gasteiger partial charge in [-0.25, -0.2) is 24.7 Å². The van der Waals surface area contributed by atoms with Gasteiger partial charge in [0.2, 0.25) is 0 Å². The highest BCUT2D eigenvalue weighted by Gasteiger charge is 2.26. The van der Waals surface area contributed by atoms with Crippen molar-refractivity contribution in [1.29, 1.82) is 0 Å². The van der Waals surface area contributed by atoms with Crippen LogP contribution in [-0.4, -0.2) is 56.8 Å². The maximum atomic E-state index is 12.0. The van der Waals surface area contributed by atoms with E-state index in [-0.39, 0.29) is 6.04 Å². The molecule has 1 aliphatic heterocycles. The molecule has 0 bridgehead atoms. The molecule has 33 heavy (non-hydrogen) atoms. The van der Waals surface area contributed by atoms with E-state index in [0.29, 0.717) is 47.3 Å². The number of ether oxygens (including phenoxy) is 2. The molecular weight excluding hydrogens is 424 g/mol. The lowest BCUT2D eigenvalue weighted by molar-refractivity contribution is 0.0600. The van der Waals surface area contributed by atoms with Crippen LogP contribution in [0.2, 0.25) is 0 Å². The van der Waals surface area contributed by atoms with Gasteiger partial charge < -0.3 is 23.4 Å². The van der Waals surface area contributed by atoms with Gasteiger partial charge in [-0.3, -0.25) is 0 Å². The van der Waals surface area contributed by atoms with Crippen molar-refractivity contribution in [3.63, 3.8) is 0 Å². The van der Waals surface area contributed by atoms with E-state index in [4.69, 9.17) is 23.9 Å². The Kier molecular flexibility index (Phi) is 5.20. The Hall–Kier alpha value is -3.95. The molecule has 0 aliphatic carbocycles. The number of aryl methyl sites for hydroxylation is 1. The lowest BCUT2D eigenvalue weighted by Crippen LogP contribution is -2.41. The van der Waals surface area contributed by atoms with Gasteiger partial charge in [0.25, 0.3) is 0 Å². The minimum absolute atomic E-state index is 0.252. The Bertz CT molecular complexity index is 1340. The highest BCUT2D eigenvalue weighted by Crippen LogP contribution is 2.35. The second-order valence-electron chi connectivity index (χ2n) is 7.93. The maximum absolute atomic E-state index is 12.0. The standard InChI is InChI=1S/C23H24N6O4/c1-5-28-13(2)11-33-19-7-15(8-25-22(19)28)20-27-18-6-16(23(30)31-4)9-24-21(18)29(20)10-17-12-32-14(3)26-17/h6-9,12-13H,5,10-11H2,1-4H3/t13-/m1/s1. The molecule has 0 N–H and O–H groups in total. The predicted molar refractivity (Wildman–Crippen MR) is 120 cm³/mol. The molecular formula is C23H24N6O4. The molecule has 170 valence electrons. The zero-order valence-electron chi connectivity index (χ0n) is 18.9. The summed E-state index contributed by atoms with van der Waals surface area (Å²) in [6.45, 7) is 7.84. The van der Waals surface area contributed by atoms with Crippen LogP contribution in [-0.2, 0) is 11.3 Å². The number of carbonyl (C=O) groups excluding carboxylic acids is 1. The van der Waals surface area contributed by atoms with Crippen molar-refractivity contribution in [2.24, 2.45) is 0 Å². The summed E-state index contributed by atoms with van der Waals surface area (Å²) in [6.07, 6.45) is 4.89. The average molecular weight is 448 g/mol. The van der Waals surface area contributed by atoms with E-state index in [9.17, 15) is 4.79 Å². The quantitative estimate of drug-likeness (QED) is 0.425. The molecule has 4 aromatic heterocycles. The van der Waals surface area contributed by atoms with Gasteiger partial charge in [-0.2, -0.15) is 0 Å². The van der Waals surface area contributed by atoms with Gasteiger partial charge in [0.15, 0.2) is 23.1 Å². The SMILES string of the molecule is CCN1c2ncc(-c3nc4cc(C(=O)OC)cnc4n3Cc3coc(C)n3)cc2OC[C@H]1C. The average Bonchev–Trinajstić information content (AvgIpc) is 3.41. The molecule has 0 aromatic carbocycles. The van der Waals surface area contributed by atoms with Gasteiger partial charge in [-0.1, -0.05) is 0 Å². The Balaban J connectivity index is 1.64. The lowest BCUT2D eigenvalue weighted by atomic mass is 10.2. The molecule has 1 aliphatic rings. The molecule has 10 heteroatoms. The molecule has 1 atom stereocenters. The fraction of sp³-hybridized carbons (Fsp3) is 0.348. The van der Waals surface area contributed by atoms with Crippen LogP contribution < -0.4 is 9.64 Å². The summed E-state index contributed by atoms with van der Waals surface area (Å²) < 4.78 is 18.1. The number of fused-ring (bicyclic) bond motifs is 2. The summed E-state index contributed by atoms with van der Waals surface area (Å²) in [5.74, 6) is 2.29. The fourth-order valence-electron chi connectivity index (χ4n) is 4.11. The second-order valence-corrected chi connectivity index (χ2v) is 7.93. The van der Waals surface area contributed by atoms with Gasteiger partial charge in [-0.05, 0) is 26.0 Å². The summed E-state index contributed by atoms with van der Waals surface area (Å²) in [7, 11) is 1.34. The van der Waals surface area contributed by atoms with Crippen molar-refractivity contribution >= 4 is 23.0 Å². The number of pyridine rings is 2. The highest BCUT2D eigenvalue weighted by atomic mass is 16.5.